The number of carbonyl (C=O) groups is 3. The summed E-state index contributed by atoms with van der Waals surface area (Å²) in [5, 5.41) is 7.84. The van der Waals surface area contributed by atoms with Crippen LogP contribution < -0.4 is 10.6 Å². The van der Waals surface area contributed by atoms with Crippen molar-refractivity contribution in [3.05, 3.63) is 101 Å². The van der Waals surface area contributed by atoms with Crippen molar-refractivity contribution in [2.75, 3.05) is 17.2 Å². The molecule has 0 saturated heterocycles. The van der Waals surface area contributed by atoms with Gasteiger partial charge in [-0.15, -0.1) is 11.6 Å². The summed E-state index contributed by atoms with van der Waals surface area (Å²) < 4.78 is 4.72. The fraction of sp³-hybridized carbons (Fsp3) is 0.167. The molecule has 0 radical (unpaired) electrons. The van der Waals surface area contributed by atoms with Crippen LogP contribution in [-0.4, -0.2) is 41.1 Å². The molecule has 0 fully saturated rings. The molecule has 0 bridgehead atoms. The van der Waals surface area contributed by atoms with Gasteiger partial charge >= 0.3 is 5.97 Å². The summed E-state index contributed by atoms with van der Waals surface area (Å²) in [4.78, 5) is 45.6. The number of alkyl halides is 1. The number of nitrogens with zero attached hydrogens (tertiary/aromatic N) is 2. The van der Waals surface area contributed by atoms with Gasteiger partial charge in [0.1, 0.15) is 11.9 Å². The second kappa shape index (κ2) is 11.4. The maximum absolute atomic E-state index is 13.3. The third kappa shape index (κ3) is 6.13. The molecule has 0 saturated carbocycles. The van der Waals surface area contributed by atoms with E-state index < -0.39 is 24.5 Å². The Labute approximate surface area is 230 Å². The van der Waals surface area contributed by atoms with E-state index in [0.717, 1.165) is 27.5 Å². The Kier molecular flexibility index (Phi) is 7.65. The number of rotatable bonds is 7. The van der Waals surface area contributed by atoms with Gasteiger partial charge in [-0.25, -0.2) is 4.98 Å². The zero-order chi connectivity index (χ0) is 27.4. The van der Waals surface area contributed by atoms with Crippen LogP contribution in [0.25, 0.3) is 10.8 Å². The SMILES string of the molecule is CC(=O)OCC(=O)Nc1ccc(C2=NC(Cc3ccc4ccccc4c3)C(=O)Nc3ccc(CCl)cc32)cn1. The van der Waals surface area contributed by atoms with Gasteiger partial charge in [0, 0.05) is 36.5 Å². The van der Waals surface area contributed by atoms with Gasteiger partial charge in [0.05, 0.1) is 11.4 Å². The van der Waals surface area contributed by atoms with Gasteiger partial charge in [-0.1, -0.05) is 48.5 Å². The van der Waals surface area contributed by atoms with Crippen LogP contribution in [0.3, 0.4) is 0 Å². The van der Waals surface area contributed by atoms with Gasteiger partial charge in [-0.3, -0.25) is 19.4 Å². The summed E-state index contributed by atoms with van der Waals surface area (Å²) in [6, 6.07) is 22.5. The number of fused-ring (bicyclic) bond motifs is 2. The van der Waals surface area contributed by atoms with E-state index in [4.69, 9.17) is 21.3 Å². The summed E-state index contributed by atoms with van der Waals surface area (Å²) in [6.45, 7) is 0.832. The first kappa shape index (κ1) is 26.1. The predicted molar refractivity (Wildman–Crippen MR) is 151 cm³/mol. The summed E-state index contributed by atoms with van der Waals surface area (Å²) in [5.74, 6) is -0.654. The Morgan fingerprint density at radius 3 is 2.54 bits per heavy atom. The molecule has 3 aromatic carbocycles. The van der Waals surface area contributed by atoms with Gasteiger partial charge < -0.3 is 15.4 Å². The van der Waals surface area contributed by atoms with Gasteiger partial charge in [-0.05, 0) is 46.2 Å². The van der Waals surface area contributed by atoms with Crippen molar-refractivity contribution in [1.82, 2.24) is 4.98 Å². The molecule has 8 nitrogen and oxygen atoms in total. The molecule has 1 atom stereocenters. The molecular formula is C30H25ClN4O4. The number of hydrogen-bond donors (Lipinski definition) is 2. The molecule has 39 heavy (non-hydrogen) atoms. The number of ether oxygens (including phenoxy) is 1. The third-order valence-electron chi connectivity index (χ3n) is 6.29. The van der Waals surface area contributed by atoms with Crippen LogP contribution in [0.1, 0.15) is 29.2 Å². The molecule has 1 aliphatic rings. The van der Waals surface area contributed by atoms with Crippen LogP contribution in [0.2, 0.25) is 0 Å². The van der Waals surface area contributed by atoms with Crippen molar-refractivity contribution in [1.29, 1.82) is 0 Å². The first-order chi connectivity index (χ1) is 18.9. The van der Waals surface area contributed by atoms with E-state index in [2.05, 4.69) is 21.7 Å². The average Bonchev–Trinajstić information content (AvgIpc) is 3.08. The lowest BCUT2D eigenvalue weighted by molar-refractivity contribution is -0.144. The minimum atomic E-state index is -0.684. The van der Waals surface area contributed by atoms with Crippen molar-refractivity contribution >= 4 is 57.4 Å². The number of halogens is 1. The first-order valence-electron chi connectivity index (χ1n) is 12.3. The van der Waals surface area contributed by atoms with Crippen LogP contribution in [0, 0.1) is 0 Å². The number of amides is 2. The Bertz CT molecular complexity index is 1600. The molecule has 1 aliphatic heterocycles. The number of aromatic nitrogens is 1. The quantitative estimate of drug-likeness (QED) is 0.256. The number of nitrogens with one attached hydrogen (secondary N) is 2. The second-order valence-corrected chi connectivity index (χ2v) is 9.41. The molecule has 2 heterocycles. The molecule has 2 amide bonds. The normalized spacial score (nSPS) is 14.6. The molecule has 4 aromatic rings. The van der Waals surface area contributed by atoms with Crippen LogP contribution in [0.5, 0.6) is 0 Å². The van der Waals surface area contributed by atoms with Crippen molar-refractivity contribution in [3.8, 4) is 0 Å². The summed E-state index contributed by atoms with van der Waals surface area (Å²) >= 11 is 6.12. The standard InChI is InChI=1S/C30H25ClN4O4/c1-18(36)39-17-28(37)35-27-11-9-23(16-32-27)29-24-13-20(15-31)7-10-25(24)34-30(38)26(33-29)14-19-6-8-21-4-2-3-5-22(21)12-19/h2-13,16,26H,14-15,17H2,1H3,(H,34,38)(H,32,35,37). The minimum absolute atomic E-state index is 0.208. The number of carbonyl (C=O) groups excluding carboxylic acids is 3. The van der Waals surface area contributed by atoms with Crippen LogP contribution >= 0.6 is 11.6 Å². The zero-order valence-electron chi connectivity index (χ0n) is 21.1. The molecule has 196 valence electrons. The number of benzodiazepines with no additional fused rings is 1. The molecule has 0 aliphatic carbocycles. The van der Waals surface area contributed by atoms with E-state index in [1.54, 1.807) is 18.3 Å². The third-order valence-corrected chi connectivity index (χ3v) is 6.60. The van der Waals surface area contributed by atoms with E-state index in [1.165, 1.54) is 6.92 Å². The zero-order valence-corrected chi connectivity index (χ0v) is 21.9. The number of anilines is 2. The Balaban J connectivity index is 1.48. The lowest BCUT2D eigenvalue weighted by Gasteiger charge is -2.12. The molecular weight excluding hydrogens is 516 g/mol. The number of hydrogen-bond acceptors (Lipinski definition) is 6. The summed E-state index contributed by atoms with van der Waals surface area (Å²) in [5.41, 5.74) is 4.50. The lowest BCUT2D eigenvalue weighted by Crippen LogP contribution is -2.27. The maximum Gasteiger partial charge on any atom is 0.303 e. The van der Waals surface area contributed by atoms with E-state index in [0.29, 0.717) is 35.1 Å². The topological polar surface area (TPSA) is 110 Å². The summed E-state index contributed by atoms with van der Waals surface area (Å²) in [7, 11) is 0. The number of aliphatic imine (C=N–C) groups is 1. The van der Waals surface area contributed by atoms with Gasteiger partial charge in [0.2, 0.25) is 5.91 Å². The Morgan fingerprint density at radius 2 is 1.79 bits per heavy atom. The van der Waals surface area contributed by atoms with Crippen LogP contribution in [0.4, 0.5) is 11.5 Å². The monoisotopic (exact) mass is 540 g/mol. The molecule has 5 rings (SSSR count). The van der Waals surface area contributed by atoms with Gasteiger partial charge in [0.25, 0.3) is 5.91 Å². The van der Waals surface area contributed by atoms with Gasteiger partial charge in [-0.2, -0.15) is 0 Å². The first-order valence-corrected chi connectivity index (χ1v) is 12.9. The van der Waals surface area contributed by atoms with Gasteiger partial charge in [0.15, 0.2) is 6.61 Å². The van der Waals surface area contributed by atoms with E-state index in [-0.39, 0.29) is 5.91 Å². The highest BCUT2D eigenvalue weighted by Gasteiger charge is 2.26. The molecule has 9 heteroatoms. The van der Waals surface area contributed by atoms with Crippen molar-refractivity contribution in [2.45, 2.75) is 25.3 Å². The minimum Gasteiger partial charge on any atom is -0.456 e. The van der Waals surface area contributed by atoms with E-state index in [1.807, 2.05) is 54.6 Å². The number of esters is 1. The average molecular weight is 541 g/mol. The number of pyridine rings is 1. The fourth-order valence-corrected chi connectivity index (χ4v) is 4.56. The second-order valence-electron chi connectivity index (χ2n) is 9.14. The largest absolute Gasteiger partial charge is 0.456 e. The molecule has 2 N–H and O–H groups in total. The summed E-state index contributed by atoms with van der Waals surface area (Å²) in [6.07, 6.45) is 1.99. The highest BCUT2D eigenvalue weighted by atomic mass is 35.5. The van der Waals surface area contributed by atoms with Crippen molar-refractivity contribution in [2.24, 2.45) is 4.99 Å². The molecule has 0 spiro atoms. The Hall–Kier alpha value is -4.56. The molecule has 1 aromatic heterocycles. The predicted octanol–water partition coefficient (Wildman–Crippen LogP) is 4.88. The fourth-order valence-electron chi connectivity index (χ4n) is 4.39. The highest BCUT2D eigenvalue weighted by molar-refractivity contribution is 6.20. The van der Waals surface area contributed by atoms with Crippen LogP contribution in [-0.2, 0) is 31.4 Å². The number of benzene rings is 3. The lowest BCUT2D eigenvalue weighted by atomic mass is 9.99. The van der Waals surface area contributed by atoms with E-state index >= 15 is 0 Å². The smallest absolute Gasteiger partial charge is 0.303 e. The maximum atomic E-state index is 13.3. The highest BCUT2D eigenvalue weighted by Crippen LogP contribution is 2.28. The Morgan fingerprint density at radius 1 is 1.00 bits per heavy atom. The van der Waals surface area contributed by atoms with Crippen LogP contribution in [0.15, 0.2) is 84.0 Å². The van der Waals surface area contributed by atoms with Crippen molar-refractivity contribution in [3.63, 3.8) is 0 Å². The van der Waals surface area contributed by atoms with Crippen molar-refractivity contribution < 1.29 is 19.1 Å². The molecule has 1 unspecified atom stereocenters. The van der Waals surface area contributed by atoms with E-state index in [9.17, 15) is 14.4 Å².